The van der Waals surface area contributed by atoms with Crippen LogP contribution in [0, 0.1) is 6.92 Å². The number of rotatable bonds is 5. The molecule has 0 aliphatic carbocycles. The van der Waals surface area contributed by atoms with Gasteiger partial charge in [-0.05, 0) is 31.0 Å². The van der Waals surface area contributed by atoms with E-state index in [1.54, 1.807) is 16.8 Å². The molecule has 0 spiro atoms. The van der Waals surface area contributed by atoms with E-state index in [-0.39, 0.29) is 5.56 Å². The summed E-state index contributed by atoms with van der Waals surface area (Å²) in [5.74, 6) is 0. The van der Waals surface area contributed by atoms with Gasteiger partial charge in [0.15, 0.2) is 0 Å². The third-order valence-corrected chi connectivity index (χ3v) is 3.43. The number of hydrogen-bond acceptors (Lipinski definition) is 3. The summed E-state index contributed by atoms with van der Waals surface area (Å²) in [7, 11) is 2.07. The average Bonchev–Trinajstić information content (AvgIpc) is 2.43. The fourth-order valence-corrected chi connectivity index (χ4v) is 2.31. The van der Waals surface area contributed by atoms with E-state index in [2.05, 4.69) is 31.0 Å². The first-order valence-corrected chi connectivity index (χ1v) is 6.80. The smallest absolute Gasteiger partial charge is 0.250 e. The highest BCUT2D eigenvalue weighted by molar-refractivity contribution is 5.52. The Kier molecular flexibility index (Phi) is 4.45. The zero-order valence-electron chi connectivity index (χ0n) is 12.0. The normalized spacial score (nSPS) is 10.5. The van der Waals surface area contributed by atoms with E-state index >= 15 is 0 Å². The molecule has 0 bridgehead atoms. The number of nitrogen functional groups attached to an aromatic ring is 1. The Labute approximate surface area is 119 Å². The van der Waals surface area contributed by atoms with E-state index in [4.69, 9.17) is 5.73 Å². The van der Waals surface area contributed by atoms with Crippen molar-refractivity contribution in [2.45, 2.75) is 19.9 Å². The number of anilines is 2. The van der Waals surface area contributed by atoms with E-state index < -0.39 is 0 Å². The van der Waals surface area contributed by atoms with Crippen LogP contribution in [0.2, 0.25) is 0 Å². The molecule has 2 rings (SSSR count). The summed E-state index contributed by atoms with van der Waals surface area (Å²) in [6.07, 6.45) is 2.60. The van der Waals surface area contributed by atoms with Crippen LogP contribution < -0.4 is 16.2 Å². The fourth-order valence-electron chi connectivity index (χ4n) is 2.31. The summed E-state index contributed by atoms with van der Waals surface area (Å²) >= 11 is 0. The van der Waals surface area contributed by atoms with E-state index in [0.29, 0.717) is 12.2 Å². The minimum Gasteiger partial charge on any atom is -0.398 e. The summed E-state index contributed by atoms with van der Waals surface area (Å²) in [6.45, 7) is 3.68. The van der Waals surface area contributed by atoms with Crippen LogP contribution in [0.3, 0.4) is 0 Å². The number of benzene rings is 1. The predicted molar refractivity (Wildman–Crippen MR) is 84.2 cm³/mol. The van der Waals surface area contributed by atoms with Gasteiger partial charge in [0.05, 0.1) is 0 Å². The molecule has 1 aromatic heterocycles. The third kappa shape index (κ3) is 3.41. The second-order valence-electron chi connectivity index (χ2n) is 5.06. The Morgan fingerprint density at radius 2 is 1.95 bits per heavy atom. The Bertz CT molecular complexity index is 634. The first kappa shape index (κ1) is 14.2. The first-order chi connectivity index (χ1) is 9.58. The van der Waals surface area contributed by atoms with Crippen LogP contribution in [-0.2, 0) is 6.54 Å². The van der Waals surface area contributed by atoms with E-state index in [1.165, 1.54) is 17.3 Å². The number of aromatic nitrogens is 1. The highest BCUT2D eigenvalue weighted by Gasteiger charge is 2.04. The van der Waals surface area contributed by atoms with Crippen LogP contribution in [0.25, 0.3) is 0 Å². The molecule has 0 saturated heterocycles. The molecule has 0 atom stereocenters. The minimum atomic E-state index is -0.00209. The van der Waals surface area contributed by atoms with Crippen molar-refractivity contribution in [3.63, 3.8) is 0 Å². The zero-order valence-corrected chi connectivity index (χ0v) is 12.0. The largest absolute Gasteiger partial charge is 0.398 e. The molecule has 1 aromatic carbocycles. The molecule has 20 heavy (non-hydrogen) atoms. The maximum Gasteiger partial charge on any atom is 0.250 e. The molecule has 106 valence electrons. The lowest BCUT2D eigenvalue weighted by atomic mass is 10.2. The van der Waals surface area contributed by atoms with Gasteiger partial charge in [-0.15, -0.1) is 0 Å². The summed E-state index contributed by atoms with van der Waals surface area (Å²) in [5, 5.41) is 0. The van der Waals surface area contributed by atoms with E-state index in [9.17, 15) is 4.79 Å². The number of nitrogens with two attached hydrogens (primary N) is 1. The van der Waals surface area contributed by atoms with Crippen molar-refractivity contribution in [3.8, 4) is 0 Å². The fraction of sp³-hybridized carbons (Fsp3) is 0.312. The van der Waals surface area contributed by atoms with Crippen LogP contribution in [0.5, 0.6) is 0 Å². The van der Waals surface area contributed by atoms with Gasteiger partial charge in [-0.3, -0.25) is 4.79 Å². The van der Waals surface area contributed by atoms with Crippen molar-refractivity contribution in [2.24, 2.45) is 0 Å². The molecule has 0 fully saturated rings. The van der Waals surface area contributed by atoms with E-state index in [0.717, 1.165) is 13.0 Å². The zero-order chi connectivity index (χ0) is 14.5. The highest BCUT2D eigenvalue weighted by atomic mass is 16.1. The lowest BCUT2D eigenvalue weighted by molar-refractivity contribution is 0.620. The molecule has 2 aromatic rings. The van der Waals surface area contributed by atoms with Gasteiger partial charge < -0.3 is 15.2 Å². The van der Waals surface area contributed by atoms with Gasteiger partial charge in [-0.25, -0.2) is 0 Å². The van der Waals surface area contributed by atoms with Gasteiger partial charge in [0.1, 0.15) is 0 Å². The average molecular weight is 271 g/mol. The van der Waals surface area contributed by atoms with Crippen molar-refractivity contribution in [2.75, 3.05) is 24.2 Å². The Hall–Kier alpha value is -2.23. The van der Waals surface area contributed by atoms with Crippen LogP contribution >= 0.6 is 0 Å². The van der Waals surface area contributed by atoms with Gasteiger partial charge in [0.25, 0.3) is 5.56 Å². The number of pyridine rings is 1. The molecule has 4 nitrogen and oxygen atoms in total. The van der Waals surface area contributed by atoms with Crippen molar-refractivity contribution < 1.29 is 0 Å². The lowest BCUT2D eigenvalue weighted by Crippen LogP contribution is -2.24. The molecule has 0 amide bonds. The number of nitrogens with zero attached hydrogens (tertiary/aromatic N) is 2. The molecule has 1 heterocycles. The summed E-state index contributed by atoms with van der Waals surface area (Å²) < 4.78 is 1.67. The number of hydrogen-bond donors (Lipinski definition) is 1. The second-order valence-corrected chi connectivity index (χ2v) is 5.06. The maximum atomic E-state index is 11.7. The van der Waals surface area contributed by atoms with Crippen molar-refractivity contribution >= 4 is 11.4 Å². The maximum absolute atomic E-state index is 11.7. The van der Waals surface area contributed by atoms with Crippen molar-refractivity contribution in [1.29, 1.82) is 0 Å². The molecule has 0 aliphatic rings. The second kappa shape index (κ2) is 6.28. The summed E-state index contributed by atoms with van der Waals surface area (Å²) in [5.41, 5.74) is 8.81. The molecular weight excluding hydrogens is 250 g/mol. The van der Waals surface area contributed by atoms with Gasteiger partial charge >= 0.3 is 0 Å². The SMILES string of the molecule is Cc1ccccc1N(C)CCCn1cc(N)ccc1=O. The van der Waals surface area contributed by atoms with E-state index in [1.807, 2.05) is 12.1 Å². The quantitative estimate of drug-likeness (QED) is 0.907. The Balaban J connectivity index is 1.95. The molecule has 0 radical (unpaired) electrons. The topological polar surface area (TPSA) is 51.3 Å². The summed E-state index contributed by atoms with van der Waals surface area (Å²) in [4.78, 5) is 13.9. The minimum absolute atomic E-state index is 0.00209. The molecule has 2 N–H and O–H groups in total. The third-order valence-electron chi connectivity index (χ3n) is 3.43. The van der Waals surface area contributed by atoms with Crippen LogP contribution in [0.15, 0.2) is 47.4 Å². The van der Waals surface area contributed by atoms with Crippen molar-refractivity contribution in [1.82, 2.24) is 4.57 Å². The summed E-state index contributed by atoms with van der Waals surface area (Å²) in [6, 6.07) is 11.5. The van der Waals surface area contributed by atoms with Gasteiger partial charge in [0, 0.05) is 43.8 Å². The Morgan fingerprint density at radius 3 is 2.70 bits per heavy atom. The molecule has 0 aliphatic heterocycles. The molecule has 4 heteroatoms. The standard InChI is InChI=1S/C16H21N3O/c1-13-6-3-4-7-15(13)18(2)10-5-11-19-12-14(17)8-9-16(19)20/h3-4,6-9,12H,5,10-11,17H2,1-2H3. The van der Waals surface area contributed by atoms with Crippen molar-refractivity contribution in [3.05, 3.63) is 58.5 Å². The molecule has 0 unspecified atom stereocenters. The van der Waals surface area contributed by atoms with Gasteiger partial charge in [0.2, 0.25) is 0 Å². The number of para-hydroxylation sites is 1. The highest BCUT2D eigenvalue weighted by Crippen LogP contribution is 2.17. The molecule has 0 saturated carbocycles. The molecular formula is C16H21N3O. The van der Waals surface area contributed by atoms with Gasteiger partial charge in [-0.1, -0.05) is 18.2 Å². The number of aryl methyl sites for hydroxylation is 2. The van der Waals surface area contributed by atoms with Gasteiger partial charge in [-0.2, -0.15) is 0 Å². The Morgan fingerprint density at radius 1 is 1.20 bits per heavy atom. The van der Waals surface area contributed by atoms with Crippen LogP contribution in [0.1, 0.15) is 12.0 Å². The first-order valence-electron chi connectivity index (χ1n) is 6.80. The van der Waals surface area contributed by atoms with Crippen LogP contribution in [0.4, 0.5) is 11.4 Å². The lowest BCUT2D eigenvalue weighted by Gasteiger charge is -2.21. The monoisotopic (exact) mass is 271 g/mol. The van der Waals surface area contributed by atoms with Crippen LogP contribution in [-0.4, -0.2) is 18.2 Å². The predicted octanol–water partition coefficient (Wildman–Crippen LogP) is 2.27.